The fourth-order valence-electron chi connectivity index (χ4n) is 0.825. The Morgan fingerprint density at radius 2 is 2.33 bits per heavy atom. The van der Waals surface area contributed by atoms with Gasteiger partial charge in [-0.1, -0.05) is 13.5 Å². The molecule has 1 aliphatic rings. The van der Waals surface area contributed by atoms with Crippen molar-refractivity contribution in [3.8, 4) is 0 Å². The minimum absolute atomic E-state index is 0.0301. The zero-order valence-electron chi connectivity index (χ0n) is 5.37. The first kappa shape index (κ1) is 6.68. The van der Waals surface area contributed by atoms with Gasteiger partial charge in [0.15, 0.2) is 0 Å². The van der Waals surface area contributed by atoms with Crippen LogP contribution in [0.4, 0.5) is 0 Å². The number of aliphatic hydroxyl groups is 1. The molecule has 0 amide bonds. The van der Waals surface area contributed by atoms with Gasteiger partial charge in [0.2, 0.25) is 0 Å². The normalized spacial score (nSPS) is 42.9. The predicted molar refractivity (Wildman–Crippen MR) is 34.9 cm³/mol. The van der Waals surface area contributed by atoms with E-state index in [1.54, 1.807) is 0 Å². The number of hydrogen-bond donors (Lipinski definition) is 1. The first-order chi connectivity index (χ1) is 4.13. The molecule has 48 valence electrons. The summed E-state index contributed by atoms with van der Waals surface area (Å²) >= 11 is 0. The van der Waals surface area contributed by atoms with Crippen molar-refractivity contribution in [2.75, 3.05) is 0 Å². The highest BCUT2D eigenvalue weighted by Crippen LogP contribution is 2.25. The summed E-state index contributed by atoms with van der Waals surface area (Å²) in [5, 5.41) is 9.13. The summed E-state index contributed by atoms with van der Waals surface area (Å²) in [4.78, 5) is 0. The average molecular weight is 124 g/mol. The zero-order valence-corrected chi connectivity index (χ0v) is 5.37. The monoisotopic (exact) mass is 124 g/mol. The van der Waals surface area contributed by atoms with Crippen LogP contribution in [0.25, 0.3) is 0 Å². The van der Waals surface area contributed by atoms with Gasteiger partial charge < -0.3 is 9.84 Å². The van der Waals surface area contributed by atoms with Gasteiger partial charge in [0.25, 0.3) is 0 Å². The summed E-state index contributed by atoms with van der Waals surface area (Å²) in [5.41, 5.74) is 0. The van der Waals surface area contributed by atoms with Crippen molar-refractivity contribution in [3.05, 3.63) is 12.3 Å². The molecule has 0 aromatic heterocycles. The number of rotatable bonds is 0. The van der Waals surface area contributed by atoms with Crippen LogP contribution in [0.5, 0.6) is 0 Å². The molecule has 1 saturated heterocycles. The van der Waals surface area contributed by atoms with E-state index < -0.39 is 6.10 Å². The van der Waals surface area contributed by atoms with Crippen LogP contribution in [0.1, 0.15) is 6.92 Å². The zero-order chi connectivity index (χ0) is 7.02. The number of ether oxygens (including phenoxy) is 1. The standard InChI is InChI=1S/C6H9BO2/c1-3-5(8)4(2)9-6(3)7/h3,5-6,8H,2H2,1H3. The molecule has 1 rings (SSSR count). The first-order valence-corrected chi connectivity index (χ1v) is 2.92. The molecule has 2 radical (unpaired) electrons. The van der Waals surface area contributed by atoms with E-state index in [-0.39, 0.29) is 11.9 Å². The van der Waals surface area contributed by atoms with E-state index in [1.807, 2.05) is 6.92 Å². The topological polar surface area (TPSA) is 29.5 Å². The molecule has 2 nitrogen and oxygen atoms in total. The third kappa shape index (κ3) is 0.967. The molecule has 3 heteroatoms. The maximum atomic E-state index is 9.13. The van der Waals surface area contributed by atoms with Crippen LogP contribution in [0.3, 0.4) is 0 Å². The minimum atomic E-state index is -0.583. The van der Waals surface area contributed by atoms with Crippen molar-refractivity contribution in [1.29, 1.82) is 0 Å². The highest BCUT2D eigenvalue weighted by molar-refractivity contribution is 6.11. The van der Waals surface area contributed by atoms with Gasteiger partial charge in [0, 0.05) is 5.92 Å². The van der Waals surface area contributed by atoms with E-state index in [1.165, 1.54) is 0 Å². The molecule has 3 unspecified atom stereocenters. The van der Waals surface area contributed by atoms with E-state index in [0.29, 0.717) is 5.76 Å². The van der Waals surface area contributed by atoms with E-state index in [0.717, 1.165) is 0 Å². The Bertz CT molecular complexity index is 135. The van der Waals surface area contributed by atoms with Gasteiger partial charge in [-0.15, -0.1) is 0 Å². The molecule has 1 heterocycles. The highest BCUT2D eigenvalue weighted by atomic mass is 16.5. The van der Waals surface area contributed by atoms with Crippen LogP contribution in [0.15, 0.2) is 12.3 Å². The van der Waals surface area contributed by atoms with Gasteiger partial charge in [-0.3, -0.25) is 0 Å². The maximum Gasteiger partial charge on any atom is 0.127 e. The largest absolute Gasteiger partial charge is 0.502 e. The van der Waals surface area contributed by atoms with Crippen molar-refractivity contribution in [2.45, 2.75) is 19.0 Å². The van der Waals surface area contributed by atoms with Crippen LogP contribution >= 0.6 is 0 Å². The molecule has 0 aromatic rings. The summed E-state index contributed by atoms with van der Waals surface area (Å²) in [6.45, 7) is 5.31. The van der Waals surface area contributed by atoms with E-state index >= 15 is 0 Å². The molecule has 0 aromatic carbocycles. The third-order valence-electron chi connectivity index (χ3n) is 1.63. The minimum Gasteiger partial charge on any atom is -0.502 e. The summed E-state index contributed by atoms with van der Waals surface area (Å²) in [6.07, 6.45) is -0.583. The number of hydrogen-bond acceptors (Lipinski definition) is 2. The molecular weight excluding hydrogens is 115 g/mol. The van der Waals surface area contributed by atoms with Gasteiger partial charge >= 0.3 is 0 Å². The lowest BCUT2D eigenvalue weighted by Crippen LogP contribution is -2.19. The highest BCUT2D eigenvalue weighted by Gasteiger charge is 2.32. The SMILES string of the molecule is [B]C1OC(=C)C(O)C1C. The fourth-order valence-corrected chi connectivity index (χ4v) is 0.825. The lowest BCUT2D eigenvalue weighted by atomic mass is 9.87. The van der Waals surface area contributed by atoms with Crippen LogP contribution in [0.2, 0.25) is 0 Å². The smallest absolute Gasteiger partial charge is 0.127 e. The van der Waals surface area contributed by atoms with Gasteiger partial charge in [-0.05, 0) is 0 Å². The Morgan fingerprint density at radius 1 is 1.78 bits per heavy atom. The van der Waals surface area contributed by atoms with Gasteiger partial charge in [-0.2, -0.15) is 0 Å². The van der Waals surface area contributed by atoms with Crippen molar-refractivity contribution < 1.29 is 9.84 Å². The van der Waals surface area contributed by atoms with E-state index in [2.05, 4.69) is 6.58 Å². The molecule has 3 atom stereocenters. The second-order valence-corrected chi connectivity index (χ2v) is 2.35. The molecule has 0 saturated carbocycles. The van der Waals surface area contributed by atoms with Crippen LogP contribution in [0, 0.1) is 5.92 Å². The van der Waals surface area contributed by atoms with Crippen molar-refractivity contribution in [3.63, 3.8) is 0 Å². The summed E-state index contributed by atoms with van der Waals surface area (Å²) in [7, 11) is 5.42. The molecule has 9 heavy (non-hydrogen) atoms. The molecular formula is C6H9BO2. The quantitative estimate of drug-likeness (QED) is 0.461. The summed E-state index contributed by atoms with van der Waals surface area (Å²) in [6, 6.07) is -0.382. The second kappa shape index (κ2) is 2.07. The third-order valence-corrected chi connectivity index (χ3v) is 1.63. The Hall–Kier alpha value is -0.435. The molecule has 1 N–H and O–H groups in total. The first-order valence-electron chi connectivity index (χ1n) is 2.92. The maximum absolute atomic E-state index is 9.13. The summed E-state index contributed by atoms with van der Waals surface area (Å²) in [5.74, 6) is 0.354. The number of aliphatic hydroxyl groups excluding tert-OH is 1. The van der Waals surface area contributed by atoms with Crippen molar-refractivity contribution >= 4 is 7.85 Å². The van der Waals surface area contributed by atoms with E-state index in [9.17, 15) is 0 Å². The Morgan fingerprint density at radius 3 is 2.44 bits per heavy atom. The van der Waals surface area contributed by atoms with Gasteiger partial charge in [0.05, 0.1) is 6.00 Å². The second-order valence-electron chi connectivity index (χ2n) is 2.35. The molecule has 0 spiro atoms. The average Bonchev–Trinajstić information content (AvgIpc) is 1.98. The Kier molecular flexibility index (Phi) is 1.53. The lowest BCUT2D eigenvalue weighted by Gasteiger charge is -2.07. The summed E-state index contributed by atoms with van der Waals surface area (Å²) < 4.78 is 4.92. The van der Waals surface area contributed by atoms with Crippen LogP contribution in [-0.2, 0) is 4.74 Å². The van der Waals surface area contributed by atoms with Gasteiger partial charge in [0.1, 0.15) is 19.7 Å². The fraction of sp³-hybridized carbons (Fsp3) is 0.667. The van der Waals surface area contributed by atoms with Crippen molar-refractivity contribution in [1.82, 2.24) is 0 Å². The van der Waals surface area contributed by atoms with Crippen molar-refractivity contribution in [2.24, 2.45) is 5.92 Å². The predicted octanol–water partition coefficient (Wildman–Crippen LogP) is 0.0219. The molecule has 1 fully saturated rings. The molecule has 0 aliphatic carbocycles. The Labute approximate surface area is 55.9 Å². The molecule has 0 bridgehead atoms. The van der Waals surface area contributed by atoms with Gasteiger partial charge in [-0.25, -0.2) is 0 Å². The Balaban J connectivity index is 2.65. The lowest BCUT2D eigenvalue weighted by molar-refractivity contribution is 0.172. The van der Waals surface area contributed by atoms with E-state index in [4.69, 9.17) is 17.7 Å². The molecule has 1 aliphatic heterocycles. The van der Waals surface area contributed by atoms with Crippen LogP contribution < -0.4 is 0 Å². The van der Waals surface area contributed by atoms with Crippen LogP contribution in [-0.4, -0.2) is 25.1 Å².